The third kappa shape index (κ3) is 2.79. The van der Waals surface area contributed by atoms with Crippen LogP contribution in [-0.2, 0) is 11.3 Å². The Bertz CT molecular complexity index is 337. The van der Waals surface area contributed by atoms with Gasteiger partial charge in [-0.15, -0.1) is 0 Å². The van der Waals surface area contributed by atoms with Crippen molar-refractivity contribution in [2.75, 3.05) is 6.54 Å². The third-order valence-electron chi connectivity index (χ3n) is 2.88. The number of H-pyrrole nitrogens is 1. The second-order valence-electron chi connectivity index (χ2n) is 4.29. The van der Waals surface area contributed by atoms with E-state index in [1.807, 2.05) is 0 Å². The molecule has 1 fully saturated rings. The molecule has 1 saturated heterocycles. The van der Waals surface area contributed by atoms with E-state index in [0.717, 1.165) is 19.4 Å². The minimum Gasteiger partial charge on any atom is -0.347 e. The van der Waals surface area contributed by atoms with E-state index in [9.17, 15) is 4.79 Å². The van der Waals surface area contributed by atoms with Crippen molar-refractivity contribution in [2.45, 2.75) is 32.4 Å². The lowest BCUT2D eigenvalue weighted by Gasteiger charge is -2.27. The summed E-state index contributed by atoms with van der Waals surface area (Å²) in [6.45, 7) is 3.50. The van der Waals surface area contributed by atoms with E-state index in [1.165, 1.54) is 6.33 Å². The molecule has 0 spiro atoms. The van der Waals surface area contributed by atoms with Gasteiger partial charge in [-0.3, -0.25) is 9.89 Å². The van der Waals surface area contributed by atoms with E-state index in [1.54, 1.807) is 0 Å². The number of rotatable bonds is 3. The molecule has 1 aliphatic rings. The van der Waals surface area contributed by atoms with Crippen LogP contribution in [0.1, 0.15) is 25.6 Å². The average molecular weight is 223 g/mol. The van der Waals surface area contributed by atoms with E-state index in [4.69, 9.17) is 0 Å². The van der Waals surface area contributed by atoms with Crippen LogP contribution in [0.25, 0.3) is 0 Å². The predicted molar refractivity (Wildman–Crippen MR) is 58.4 cm³/mol. The number of nitrogens with zero attached hydrogens (tertiary/aromatic N) is 2. The zero-order chi connectivity index (χ0) is 11.4. The Morgan fingerprint density at radius 2 is 2.56 bits per heavy atom. The Balaban J connectivity index is 1.79. The van der Waals surface area contributed by atoms with Gasteiger partial charge in [0.05, 0.1) is 12.6 Å². The van der Waals surface area contributed by atoms with Gasteiger partial charge in [0.15, 0.2) is 0 Å². The molecule has 0 aromatic carbocycles. The number of aromatic nitrogens is 3. The fraction of sp³-hybridized carbons (Fsp3) is 0.700. The predicted octanol–water partition coefficient (Wildman–Crippen LogP) is -0.191. The molecule has 2 heterocycles. The van der Waals surface area contributed by atoms with Gasteiger partial charge in [0.2, 0.25) is 5.91 Å². The van der Waals surface area contributed by atoms with Gasteiger partial charge in [-0.25, -0.2) is 4.98 Å². The second-order valence-corrected chi connectivity index (χ2v) is 4.29. The van der Waals surface area contributed by atoms with E-state index >= 15 is 0 Å². The number of piperidine rings is 1. The van der Waals surface area contributed by atoms with Gasteiger partial charge in [0.1, 0.15) is 12.2 Å². The number of carbonyl (C=O) groups excluding carboxylic acids is 1. The van der Waals surface area contributed by atoms with Crippen molar-refractivity contribution in [2.24, 2.45) is 5.92 Å². The Labute approximate surface area is 94.2 Å². The SMILES string of the molecule is CC1CCNC(C(=O)NCc2ncn[nH]2)C1. The Hall–Kier alpha value is -1.43. The van der Waals surface area contributed by atoms with Crippen molar-refractivity contribution in [1.82, 2.24) is 25.8 Å². The molecule has 1 aromatic rings. The van der Waals surface area contributed by atoms with E-state index in [-0.39, 0.29) is 11.9 Å². The molecule has 2 atom stereocenters. The summed E-state index contributed by atoms with van der Waals surface area (Å²) in [5.41, 5.74) is 0. The molecule has 0 aliphatic carbocycles. The highest BCUT2D eigenvalue weighted by molar-refractivity contribution is 5.81. The van der Waals surface area contributed by atoms with Crippen molar-refractivity contribution in [3.63, 3.8) is 0 Å². The molecule has 2 unspecified atom stereocenters. The molecule has 6 heteroatoms. The first-order valence-corrected chi connectivity index (χ1v) is 5.61. The van der Waals surface area contributed by atoms with E-state index < -0.39 is 0 Å². The Morgan fingerprint density at radius 3 is 3.25 bits per heavy atom. The second kappa shape index (κ2) is 5.07. The molecule has 1 aromatic heterocycles. The van der Waals surface area contributed by atoms with Crippen molar-refractivity contribution in [3.05, 3.63) is 12.2 Å². The van der Waals surface area contributed by atoms with Gasteiger partial charge in [-0.1, -0.05) is 6.92 Å². The first-order valence-electron chi connectivity index (χ1n) is 5.61. The largest absolute Gasteiger partial charge is 0.347 e. The first kappa shape index (κ1) is 11.1. The Morgan fingerprint density at radius 1 is 1.69 bits per heavy atom. The third-order valence-corrected chi connectivity index (χ3v) is 2.88. The van der Waals surface area contributed by atoms with Crippen LogP contribution in [0.3, 0.4) is 0 Å². The number of carbonyl (C=O) groups is 1. The fourth-order valence-electron chi connectivity index (χ4n) is 1.92. The smallest absolute Gasteiger partial charge is 0.237 e. The molecule has 16 heavy (non-hydrogen) atoms. The highest BCUT2D eigenvalue weighted by Gasteiger charge is 2.24. The lowest BCUT2D eigenvalue weighted by Crippen LogP contribution is -2.48. The number of hydrogen-bond acceptors (Lipinski definition) is 4. The minimum atomic E-state index is -0.0633. The molecule has 3 N–H and O–H groups in total. The van der Waals surface area contributed by atoms with Crippen LogP contribution in [-0.4, -0.2) is 33.7 Å². The standard InChI is InChI=1S/C10H17N5O/c1-7-2-3-11-8(4-7)10(16)12-5-9-13-6-14-15-9/h6-8,11H,2-5H2,1H3,(H,12,16)(H,13,14,15). The van der Waals surface area contributed by atoms with Crippen LogP contribution in [0, 0.1) is 5.92 Å². The van der Waals surface area contributed by atoms with E-state index in [0.29, 0.717) is 18.3 Å². The summed E-state index contributed by atoms with van der Waals surface area (Å²) in [6, 6.07) is -0.0633. The Kier molecular flexibility index (Phi) is 3.51. The van der Waals surface area contributed by atoms with Gasteiger partial charge in [-0.05, 0) is 25.3 Å². The maximum Gasteiger partial charge on any atom is 0.237 e. The number of amides is 1. The van der Waals surface area contributed by atoms with E-state index in [2.05, 4.69) is 32.7 Å². The molecule has 2 rings (SSSR count). The van der Waals surface area contributed by atoms with Crippen LogP contribution < -0.4 is 10.6 Å². The maximum absolute atomic E-state index is 11.8. The van der Waals surface area contributed by atoms with Gasteiger partial charge in [-0.2, -0.15) is 5.10 Å². The van der Waals surface area contributed by atoms with Gasteiger partial charge in [0, 0.05) is 0 Å². The highest BCUT2D eigenvalue weighted by Crippen LogP contribution is 2.14. The summed E-state index contributed by atoms with van der Waals surface area (Å²) >= 11 is 0. The normalized spacial score (nSPS) is 25.3. The summed E-state index contributed by atoms with van der Waals surface area (Å²) in [5, 5.41) is 12.5. The molecule has 1 amide bonds. The molecule has 0 saturated carbocycles. The summed E-state index contributed by atoms with van der Waals surface area (Å²) in [6.07, 6.45) is 3.48. The summed E-state index contributed by atoms with van der Waals surface area (Å²) in [7, 11) is 0. The number of hydrogen-bond donors (Lipinski definition) is 3. The zero-order valence-corrected chi connectivity index (χ0v) is 9.36. The van der Waals surface area contributed by atoms with Crippen LogP contribution in [0.15, 0.2) is 6.33 Å². The van der Waals surface area contributed by atoms with Crippen molar-refractivity contribution < 1.29 is 4.79 Å². The first-order chi connectivity index (χ1) is 7.75. The van der Waals surface area contributed by atoms with Crippen molar-refractivity contribution in [3.8, 4) is 0 Å². The average Bonchev–Trinajstić information content (AvgIpc) is 2.78. The van der Waals surface area contributed by atoms with Crippen molar-refractivity contribution >= 4 is 5.91 Å². The lowest BCUT2D eigenvalue weighted by molar-refractivity contribution is -0.124. The van der Waals surface area contributed by atoms with Gasteiger partial charge < -0.3 is 10.6 Å². The van der Waals surface area contributed by atoms with Crippen LogP contribution in [0.2, 0.25) is 0 Å². The molecule has 0 bridgehead atoms. The molecule has 1 aliphatic heterocycles. The number of aromatic amines is 1. The number of nitrogens with one attached hydrogen (secondary N) is 3. The highest BCUT2D eigenvalue weighted by atomic mass is 16.2. The molecule has 0 radical (unpaired) electrons. The zero-order valence-electron chi connectivity index (χ0n) is 9.36. The molecule has 6 nitrogen and oxygen atoms in total. The van der Waals surface area contributed by atoms with Crippen molar-refractivity contribution in [1.29, 1.82) is 0 Å². The van der Waals surface area contributed by atoms with Crippen LogP contribution in [0.4, 0.5) is 0 Å². The molecular weight excluding hydrogens is 206 g/mol. The van der Waals surface area contributed by atoms with Gasteiger partial charge >= 0.3 is 0 Å². The summed E-state index contributed by atoms with van der Waals surface area (Å²) < 4.78 is 0. The van der Waals surface area contributed by atoms with Gasteiger partial charge in [0.25, 0.3) is 0 Å². The summed E-state index contributed by atoms with van der Waals surface area (Å²) in [5.74, 6) is 1.34. The quantitative estimate of drug-likeness (QED) is 0.663. The fourth-order valence-corrected chi connectivity index (χ4v) is 1.92. The monoisotopic (exact) mass is 223 g/mol. The van der Waals surface area contributed by atoms with Crippen LogP contribution in [0.5, 0.6) is 0 Å². The minimum absolute atomic E-state index is 0.0444. The molecule has 88 valence electrons. The molecular formula is C10H17N5O. The van der Waals surface area contributed by atoms with Crippen LogP contribution >= 0.6 is 0 Å². The maximum atomic E-state index is 11.8. The summed E-state index contributed by atoms with van der Waals surface area (Å²) in [4.78, 5) is 15.7. The lowest BCUT2D eigenvalue weighted by atomic mass is 9.94. The topological polar surface area (TPSA) is 82.7 Å².